The van der Waals surface area contributed by atoms with Gasteiger partial charge in [0.1, 0.15) is 0 Å². The quantitative estimate of drug-likeness (QED) is 0.540. The largest absolute Gasteiger partial charge is 0.453 e. The van der Waals surface area contributed by atoms with Crippen molar-refractivity contribution in [2.24, 2.45) is 11.5 Å². The van der Waals surface area contributed by atoms with E-state index in [4.69, 9.17) is 20.9 Å². The third kappa shape index (κ3) is 8.68. The highest BCUT2D eigenvalue weighted by Gasteiger charge is 2.15. The van der Waals surface area contributed by atoms with Gasteiger partial charge in [-0.25, -0.2) is 9.59 Å². The number of hydrogen-bond acceptors (Lipinski definition) is 6. The Balaban J connectivity index is 4.15. The lowest BCUT2D eigenvalue weighted by atomic mass is 10.2. The van der Waals surface area contributed by atoms with Crippen LogP contribution in [0.1, 0.15) is 25.7 Å². The van der Waals surface area contributed by atoms with Crippen LogP contribution in [-0.4, -0.2) is 75.5 Å². The molecule has 22 heavy (non-hydrogen) atoms. The summed E-state index contributed by atoms with van der Waals surface area (Å²) in [5, 5.41) is 0. The maximum Gasteiger partial charge on any atom is 0.409 e. The van der Waals surface area contributed by atoms with E-state index < -0.39 is 0 Å². The van der Waals surface area contributed by atoms with Crippen molar-refractivity contribution < 1.29 is 19.1 Å². The molecular formula is C14H30N4O4. The Bertz CT molecular complexity index is 285. The third-order valence-corrected chi connectivity index (χ3v) is 3.24. The fraction of sp³-hybridized carbons (Fsp3) is 0.857. The number of nitrogens with zero attached hydrogens (tertiary/aromatic N) is 2. The van der Waals surface area contributed by atoms with Gasteiger partial charge in [-0.3, -0.25) is 0 Å². The molecule has 0 aromatic heterocycles. The van der Waals surface area contributed by atoms with E-state index in [2.05, 4.69) is 0 Å². The highest BCUT2D eigenvalue weighted by molar-refractivity contribution is 5.67. The summed E-state index contributed by atoms with van der Waals surface area (Å²) >= 11 is 0. The molecule has 0 atom stereocenters. The van der Waals surface area contributed by atoms with E-state index in [-0.39, 0.29) is 12.2 Å². The van der Waals surface area contributed by atoms with Crippen molar-refractivity contribution in [3.8, 4) is 0 Å². The van der Waals surface area contributed by atoms with Crippen molar-refractivity contribution in [2.75, 3.05) is 53.5 Å². The lowest BCUT2D eigenvalue weighted by molar-refractivity contribution is 0.116. The molecule has 4 N–H and O–H groups in total. The summed E-state index contributed by atoms with van der Waals surface area (Å²) in [6.07, 6.45) is 2.33. The summed E-state index contributed by atoms with van der Waals surface area (Å²) in [6.45, 7) is 3.39. The van der Waals surface area contributed by atoms with E-state index in [0.717, 1.165) is 25.7 Å². The molecule has 130 valence electrons. The van der Waals surface area contributed by atoms with Crippen LogP contribution in [-0.2, 0) is 9.47 Å². The van der Waals surface area contributed by atoms with Gasteiger partial charge in [-0.05, 0) is 38.8 Å². The Morgan fingerprint density at radius 3 is 1.32 bits per heavy atom. The first-order chi connectivity index (χ1) is 10.6. The average Bonchev–Trinajstić information content (AvgIpc) is 2.55. The van der Waals surface area contributed by atoms with Crippen molar-refractivity contribution in [3.05, 3.63) is 0 Å². The molecule has 0 aliphatic heterocycles. The minimum atomic E-state index is -0.346. The first-order valence-corrected chi connectivity index (χ1v) is 7.66. The number of unbranched alkanes of at least 4 members (excludes halogenated alkanes) is 1. The monoisotopic (exact) mass is 318 g/mol. The fourth-order valence-corrected chi connectivity index (χ4v) is 2.02. The highest BCUT2D eigenvalue weighted by atomic mass is 16.5. The van der Waals surface area contributed by atoms with Crippen molar-refractivity contribution in [1.82, 2.24) is 9.80 Å². The normalized spacial score (nSPS) is 10.2. The van der Waals surface area contributed by atoms with Crippen LogP contribution in [0.15, 0.2) is 0 Å². The minimum Gasteiger partial charge on any atom is -0.453 e. The number of methoxy groups -OCH3 is 2. The van der Waals surface area contributed by atoms with Gasteiger partial charge in [0.15, 0.2) is 0 Å². The van der Waals surface area contributed by atoms with Crippen molar-refractivity contribution in [2.45, 2.75) is 25.7 Å². The molecule has 0 aliphatic rings. The molecule has 0 saturated carbocycles. The molecule has 0 radical (unpaired) electrons. The summed E-state index contributed by atoms with van der Waals surface area (Å²) in [6, 6.07) is 0. The SMILES string of the molecule is COC(=O)N(CCCN)CCCCN(CCCN)C(=O)OC. The molecule has 2 amide bonds. The number of rotatable bonds is 11. The molecule has 0 aliphatic carbocycles. The molecule has 0 spiro atoms. The molecule has 8 heteroatoms. The van der Waals surface area contributed by atoms with Crippen molar-refractivity contribution >= 4 is 12.2 Å². The topological polar surface area (TPSA) is 111 Å². The van der Waals surface area contributed by atoms with E-state index in [1.54, 1.807) is 9.80 Å². The van der Waals surface area contributed by atoms with Crippen molar-refractivity contribution in [1.29, 1.82) is 0 Å². The zero-order valence-electron chi connectivity index (χ0n) is 13.8. The smallest absolute Gasteiger partial charge is 0.409 e. The number of ether oxygens (including phenoxy) is 2. The van der Waals surface area contributed by atoms with Gasteiger partial charge in [-0.15, -0.1) is 0 Å². The first kappa shape index (κ1) is 20.5. The predicted molar refractivity (Wildman–Crippen MR) is 84.5 cm³/mol. The van der Waals surface area contributed by atoms with Crippen LogP contribution < -0.4 is 11.5 Å². The second-order valence-electron chi connectivity index (χ2n) is 4.91. The van der Waals surface area contributed by atoms with Crippen LogP contribution in [0, 0.1) is 0 Å². The van der Waals surface area contributed by atoms with Gasteiger partial charge in [0.05, 0.1) is 14.2 Å². The van der Waals surface area contributed by atoms with Gasteiger partial charge in [-0.1, -0.05) is 0 Å². The van der Waals surface area contributed by atoms with Gasteiger partial charge >= 0.3 is 12.2 Å². The standard InChI is InChI=1S/C14H30N4O4/c1-21-13(19)17(11-5-7-15)9-3-4-10-18(12-6-8-16)14(20)22-2/h3-12,15-16H2,1-2H3. The van der Waals surface area contributed by atoms with Crippen LogP contribution in [0.5, 0.6) is 0 Å². The molecule has 0 saturated heterocycles. The summed E-state index contributed by atoms with van der Waals surface area (Å²) in [4.78, 5) is 26.5. The highest BCUT2D eigenvalue weighted by Crippen LogP contribution is 2.03. The maximum absolute atomic E-state index is 11.6. The van der Waals surface area contributed by atoms with E-state index in [0.29, 0.717) is 39.3 Å². The van der Waals surface area contributed by atoms with Crippen LogP contribution >= 0.6 is 0 Å². The van der Waals surface area contributed by atoms with Gasteiger partial charge in [0.25, 0.3) is 0 Å². The van der Waals surface area contributed by atoms with Crippen LogP contribution in [0.25, 0.3) is 0 Å². The fourth-order valence-electron chi connectivity index (χ4n) is 2.02. The van der Waals surface area contributed by atoms with E-state index >= 15 is 0 Å². The Morgan fingerprint density at radius 2 is 1.05 bits per heavy atom. The number of hydrogen-bond donors (Lipinski definition) is 2. The minimum absolute atomic E-state index is 0.346. The summed E-state index contributed by atoms with van der Waals surface area (Å²) in [5.41, 5.74) is 10.9. The van der Waals surface area contributed by atoms with Crippen LogP contribution in [0.3, 0.4) is 0 Å². The lowest BCUT2D eigenvalue weighted by Gasteiger charge is -2.23. The molecule has 0 bridgehead atoms. The van der Waals surface area contributed by atoms with Crippen LogP contribution in [0.2, 0.25) is 0 Å². The lowest BCUT2D eigenvalue weighted by Crippen LogP contribution is -2.36. The van der Waals surface area contributed by atoms with E-state index in [1.807, 2.05) is 0 Å². The van der Waals surface area contributed by atoms with Crippen molar-refractivity contribution in [3.63, 3.8) is 0 Å². The number of amides is 2. The average molecular weight is 318 g/mol. The van der Waals surface area contributed by atoms with Gasteiger partial charge in [-0.2, -0.15) is 0 Å². The maximum atomic E-state index is 11.6. The Labute approximate surface area is 132 Å². The summed E-state index contributed by atoms with van der Waals surface area (Å²) in [7, 11) is 2.73. The Morgan fingerprint density at radius 1 is 0.727 bits per heavy atom. The molecule has 8 nitrogen and oxygen atoms in total. The Hall–Kier alpha value is -1.54. The van der Waals surface area contributed by atoms with Gasteiger partial charge < -0.3 is 30.7 Å². The number of carbonyl (C=O) groups excluding carboxylic acids is 2. The van der Waals surface area contributed by atoms with Gasteiger partial charge in [0, 0.05) is 26.2 Å². The summed E-state index contributed by atoms with van der Waals surface area (Å²) in [5.74, 6) is 0. The molecule has 0 aromatic carbocycles. The molecular weight excluding hydrogens is 288 g/mol. The molecule has 0 unspecified atom stereocenters. The number of nitrogens with two attached hydrogens (primary N) is 2. The third-order valence-electron chi connectivity index (χ3n) is 3.24. The number of carbonyl (C=O) groups is 2. The molecule has 0 rings (SSSR count). The van der Waals surface area contributed by atoms with E-state index in [9.17, 15) is 9.59 Å². The van der Waals surface area contributed by atoms with Gasteiger partial charge in [0.2, 0.25) is 0 Å². The summed E-state index contributed by atoms with van der Waals surface area (Å²) < 4.78 is 9.49. The predicted octanol–water partition coefficient (Wildman–Crippen LogP) is 0.601. The molecule has 0 heterocycles. The second-order valence-corrected chi connectivity index (χ2v) is 4.91. The second kappa shape index (κ2) is 13.1. The first-order valence-electron chi connectivity index (χ1n) is 7.66. The Kier molecular flexibility index (Phi) is 12.2. The van der Waals surface area contributed by atoms with E-state index in [1.165, 1.54) is 14.2 Å². The zero-order chi connectivity index (χ0) is 16.8. The van der Waals surface area contributed by atoms with Crippen LogP contribution in [0.4, 0.5) is 9.59 Å². The zero-order valence-corrected chi connectivity index (χ0v) is 13.8. The molecule has 0 fully saturated rings. The molecule has 0 aromatic rings.